The highest BCUT2D eigenvalue weighted by Crippen LogP contribution is 2.19. The number of pyridine rings is 1. The van der Waals surface area contributed by atoms with E-state index in [2.05, 4.69) is 15.6 Å². The molecule has 9 nitrogen and oxygen atoms in total. The van der Waals surface area contributed by atoms with E-state index in [1.807, 2.05) is 51.1 Å². The van der Waals surface area contributed by atoms with Gasteiger partial charge in [0, 0.05) is 17.4 Å². The summed E-state index contributed by atoms with van der Waals surface area (Å²) in [5, 5.41) is 15.9. The lowest BCUT2D eigenvalue weighted by Crippen LogP contribution is -2.59. The lowest BCUT2D eigenvalue weighted by molar-refractivity contribution is -0.134. The second-order valence-electron chi connectivity index (χ2n) is 9.52. The maximum atomic E-state index is 13.3. The minimum Gasteiger partial charge on any atom is -0.508 e. The number of nitrogens with zero attached hydrogens (tertiary/aromatic N) is 1. The molecule has 3 N–H and O–H groups in total. The third-order valence-corrected chi connectivity index (χ3v) is 6.82. The van der Waals surface area contributed by atoms with Gasteiger partial charge in [0.25, 0.3) is 11.9 Å². The maximum Gasteiger partial charge on any atom is 0.551 e. The molecule has 1 saturated heterocycles. The lowest BCUT2D eigenvalue weighted by atomic mass is 9.73. The fourth-order valence-corrected chi connectivity index (χ4v) is 4.52. The summed E-state index contributed by atoms with van der Waals surface area (Å²) in [5.41, 5.74) is 1.57. The van der Waals surface area contributed by atoms with E-state index < -0.39 is 43.0 Å². The van der Waals surface area contributed by atoms with E-state index in [0.717, 1.165) is 5.56 Å². The normalized spacial score (nSPS) is 18.7. The van der Waals surface area contributed by atoms with E-state index >= 15 is 0 Å². The summed E-state index contributed by atoms with van der Waals surface area (Å²) in [4.78, 5) is 42.9. The summed E-state index contributed by atoms with van der Waals surface area (Å²) in [5.74, 6) is -1.95. The summed E-state index contributed by atoms with van der Waals surface area (Å²) in [6.45, 7) is 7.67. The Bertz CT molecular complexity index is 1070. The number of rotatable bonds is 9. The Hall–Kier alpha value is -2.89. The molecule has 0 radical (unpaired) electrons. The molecule has 0 saturated carbocycles. The largest absolute Gasteiger partial charge is 0.551 e. The number of benzene rings is 1. The minimum atomic E-state index is -1.26. The molecule has 1 aromatic carbocycles. The molecule has 2 amide bonds. The van der Waals surface area contributed by atoms with E-state index in [9.17, 15) is 19.5 Å². The number of nitrogens with one attached hydrogen (secondary N) is 2. The van der Waals surface area contributed by atoms with Crippen molar-refractivity contribution in [2.24, 2.45) is 5.92 Å². The van der Waals surface area contributed by atoms with Crippen LogP contribution in [0.15, 0.2) is 48.5 Å². The molecule has 1 aliphatic rings. The second kappa shape index (κ2) is 13.6. The smallest absolute Gasteiger partial charge is 0.508 e. The highest BCUT2D eigenvalue weighted by Gasteiger charge is 2.39. The third-order valence-electron chi connectivity index (χ3n) is 5.71. The Morgan fingerprint density at radius 1 is 1.14 bits per heavy atom. The van der Waals surface area contributed by atoms with Crippen LogP contribution in [0.2, 0.25) is 0 Å². The average molecular weight is 527 g/mol. The number of hydrogen-bond donors (Lipinski definition) is 3. The molecule has 3 rings (SSSR count). The molecule has 0 spiro atoms. The molecule has 2 aromatic rings. The summed E-state index contributed by atoms with van der Waals surface area (Å²) < 4.78 is 11.3. The van der Waals surface area contributed by atoms with Crippen LogP contribution in [0.4, 0.5) is 0 Å². The predicted octanol–water partition coefficient (Wildman–Crippen LogP) is 2.48. The molecule has 0 unspecified atom stereocenters. The molecule has 37 heavy (non-hydrogen) atoms. The van der Waals surface area contributed by atoms with E-state index in [-0.39, 0.29) is 22.6 Å². The number of aliphatic hydroxyl groups excluding tert-OH is 1. The van der Waals surface area contributed by atoms with Gasteiger partial charge in [-0.1, -0.05) is 57.2 Å². The van der Waals surface area contributed by atoms with Gasteiger partial charge in [0.1, 0.15) is 11.7 Å². The van der Waals surface area contributed by atoms with Crippen LogP contribution in [0.1, 0.15) is 44.6 Å². The van der Waals surface area contributed by atoms with Crippen LogP contribution in [0, 0.1) is 5.92 Å². The van der Waals surface area contributed by atoms with E-state index in [4.69, 9.17) is 9.31 Å². The number of carbonyl (C=O) groups excluding carboxylic acids is 3. The first-order valence-corrected chi connectivity index (χ1v) is 13.4. The first-order valence-electron chi connectivity index (χ1n) is 12.4. The number of amides is 2. The van der Waals surface area contributed by atoms with Crippen LogP contribution in [-0.2, 0) is 18.9 Å². The molecular weight excluding hydrogens is 493 g/mol. The topological polar surface area (TPSA) is 127 Å². The molecule has 0 bridgehead atoms. The number of carbonyl (C=O) groups is 3. The zero-order valence-electron chi connectivity index (χ0n) is 21.5. The predicted molar refractivity (Wildman–Crippen MR) is 144 cm³/mol. The van der Waals surface area contributed by atoms with Gasteiger partial charge in [-0.25, -0.2) is 4.98 Å². The van der Waals surface area contributed by atoms with Crippen LogP contribution in [0.25, 0.3) is 11.3 Å². The first kappa shape index (κ1) is 28.7. The zero-order chi connectivity index (χ0) is 26.9. The quantitative estimate of drug-likeness (QED) is 0.425. The summed E-state index contributed by atoms with van der Waals surface area (Å²) in [6, 6.07) is 13.2. The van der Waals surface area contributed by atoms with Gasteiger partial charge >= 0.3 is 7.12 Å². The molecule has 0 aliphatic carbocycles. The number of aromatic nitrogens is 1. The van der Waals surface area contributed by atoms with Crippen molar-refractivity contribution in [3.63, 3.8) is 0 Å². The lowest BCUT2D eigenvalue weighted by Gasteiger charge is -2.30. The second-order valence-corrected chi connectivity index (χ2v) is 11.0. The van der Waals surface area contributed by atoms with E-state index in [1.165, 1.54) is 18.7 Å². The fraction of sp³-hybridized carbons (Fsp3) is 0.462. The Balaban J connectivity index is 1.74. The fourth-order valence-electron chi connectivity index (χ4n) is 3.85. The zero-order valence-corrected chi connectivity index (χ0v) is 22.4. The molecule has 2 heterocycles. The minimum absolute atomic E-state index is 0.0920. The summed E-state index contributed by atoms with van der Waals surface area (Å²) in [7, 11) is -0.975. The van der Waals surface area contributed by atoms with Crippen molar-refractivity contribution in [2.75, 3.05) is 12.4 Å². The van der Waals surface area contributed by atoms with E-state index in [0.29, 0.717) is 18.7 Å². The van der Waals surface area contributed by atoms with Crippen molar-refractivity contribution in [1.29, 1.82) is 0 Å². The molecule has 11 heteroatoms. The van der Waals surface area contributed by atoms with Crippen molar-refractivity contribution in [3.05, 3.63) is 54.2 Å². The Morgan fingerprint density at radius 3 is 2.54 bits per heavy atom. The van der Waals surface area contributed by atoms with Crippen molar-refractivity contribution in [2.45, 2.75) is 57.5 Å². The van der Waals surface area contributed by atoms with Crippen molar-refractivity contribution in [3.8, 4) is 11.3 Å². The van der Waals surface area contributed by atoms with Crippen LogP contribution in [-0.4, -0.2) is 70.7 Å². The molecule has 1 aromatic heterocycles. The Morgan fingerprint density at radius 2 is 1.86 bits per heavy atom. The molecule has 1 fully saturated rings. The summed E-state index contributed by atoms with van der Waals surface area (Å²) >= 11 is 1.44. The molecule has 4 atom stereocenters. The molecule has 1 aliphatic heterocycles. The van der Waals surface area contributed by atoms with E-state index in [1.54, 1.807) is 18.2 Å². The van der Waals surface area contributed by atoms with Crippen molar-refractivity contribution in [1.82, 2.24) is 15.6 Å². The average Bonchev–Trinajstić information content (AvgIpc) is 2.87. The van der Waals surface area contributed by atoms with Crippen LogP contribution >= 0.6 is 11.8 Å². The van der Waals surface area contributed by atoms with Gasteiger partial charge in [0.15, 0.2) is 0 Å². The van der Waals surface area contributed by atoms with Gasteiger partial charge in [-0.3, -0.25) is 14.4 Å². The van der Waals surface area contributed by atoms with Gasteiger partial charge in [-0.05, 0) is 31.4 Å². The standard InChI is InChI=1S/C26H34BN3O6S/c1-16(2)13-22(27-35-14-17(3)37-15-23(32)36-27)29-26(34)24(18(4)31)30-25(33)21-12-8-11-20(28-21)19-9-6-5-7-10-19/h5-12,16-18,22,24,31H,13-15H2,1-4H3,(H,29,34)(H,30,33)/t17-,18-,22+,24+/m1/s1. The van der Waals surface area contributed by atoms with Gasteiger partial charge in [-0.2, -0.15) is 0 Å². The maximum absolute atomic E-state index is 13.3. The Kier molecular flexibility index (Phi) is 10.5. The van der Waals surface area contributed by atoms with Gasteiger partial charge in [-0.15, -0.1) is 11.8 Å². The Labute approximate surface area is 222 Å². The van der Waals surface area contributed by atoms with Gasteiger partial charge in [0.2, 0.25) is 5.91 Å². The number of aliphatic hydroxyl groups is 1. The van der Waals surface area contributed by atoms with Crippen LogP contribution in [0.5, 0.6) is 0 Å². The highest BCUT2D eigenvalue weighted by atomic mass is 32.2. The van der Waals surface area contributed by atoms with Crippen LogP contribution < -0.4 is 10.6 Å². The monoisotopic (exact) mass is 527 g/mol. The number of thioether (sulfide) groups is 1. The first-order chi connectivity index (χ1) is 17.6. The van der Waals surface area contributed by atoms with Gasteiger partial charge < -0.3 is 25.0 Å². The van der Waals surface area contributed by atoms with Gasteiger partial charge in [0.05, 0.1) is 23.5 Å². The van der Waals surface area contributed by atoms with Crippen molar-refractivity contribution < 1.29 is 28.8 Å². The third kappa shape index (κ3) is 8.58. The SMILES string of the molecule is CC(C)C[C@H](NC(=O)[C@@H](NC(=O)c1cccc(-c2ccccc2)n1)[C@@H](C)O)B1OC[C@@H](C)SCC(=O)O1. The van der Waals surface area contributed by atoms with Crippen molar-refractivity contribution >= 4 is 36.7 Å². The highest BCUT2D eigenvalue weighted by molar-refractivity contribution is 8.00. The molecular formula is C26H34BN3O6S. The summed E-state index contributed by atoms with van der Waals surface area (Å²) in [6.07, 6.45) is -0.731. The molecule has 198 valence electrons. The van der Waals surface area contributed by atoms with Crippen LogP contribution in [0.3, 0.4) is 0 Å². The number of hydrogen-bond acceptors (Lipinski definition) is 8.